The quantitative estimate of drug-likeness (QED) is 0.608. The van der Waals surface area contributed by atoms with Crippen LogP contribution < -0.4 is 15.4 Å². The summed E-state index contributed by atoms with van der Waals surface area (Å²) in [6.07, 6.45) is -0.338. The Bertz CT molecular complexity index is 565. The fourth-order valence-corrected chi connectivity index (χ4v) is 1.92. The minimum Gasteiger partial charge on any atom is -0.497 e. The molecule has 0 fully saturated rings. The monoisotopic (exact) mass is 350 g/mol. The van der Waals surface area contributed by atoms with Gasteiger partial charge in [0.15, 0.2) is 5.96 Å². The van der Waals surface area contributed by atoms with Crippen LogP contribution in [-0.2, 0) is 11.3 Å². The summed E-state index contributed by atoms with van der Waals surface area (Å²) in [6, 6.07) is 7.83. The molecule has 0 heterocycles. The molecule has 0 aliphatic rings. The first-order chi connectivity index (χ1) is 11.7. The molecule has 140 valence electrons. The Balaban J connectivity index is 2.35. The summed E-state index contributed by atoms with van der Waals surface area (Å²) in [7, 11) is 5.07. The van der Waals surface area contributed by atoms with E-state index in [4.69, 9.17) is 9.47 Å². The van der Waals surface area contributed by atoms with E-state index >= 15 is 0 Å². The largest absolute Gasteiger partial charge is 0.497 e. The summed E-state index contributed by atoms with van der Waals surface area (Å²) >= 11 is 0. The van der Waals surface area contributed by atoms with Crippen LogP contribution in [0.1, 0.15) is 26.3 Å². The van der Waals surface area contributed by atoms with E-state index in [-0.39, 0.29) is 6.09 Å². The second-order valence-electron chi connectivity index (χ2n) is 6.60. The van der Waals surface area contributed by atoms with Gasteiger partial charge in [-0.3, -0.25) is 4.99 Å². The lowest BCUT2D eigenvalue weighted by Gasteiger charge is -2.24. The fraction of sp³-hybridized carbons (Fsp3) is 0.556. The molecule has 0 saturated carbocycles. The predicted molar refractivity (Wildman–Crippen MR) is 100 cm³/mol. The van der Waals surface area contributed by atoms with Gasteiger partial charge in [-0.1, -0.05) is 12.1 Å². The highest BCUT2D eigenvalue weighted by Crippen LogP contribution is 2.11. The normalized spacial score (nSPS) is 11.7. The number of nitrogens with zero attached hydrogens (tertiary/aromatic N) is 2. The van der Waals surface area contributed by atoms with Crippen LogP contribution in [-0.4, -0.2) is 56.8 Å². The lowest BCUT2D eigenvalue weighted by Crippen LogP contribution is -2.42. The van der Waals surface area contributed by atoms with Crippen LogP contribution in [0.2, 0.25) is 0 Å². The Labute approximate surface area is 150 Å². The molecule has 0 aromatic heterocycles. The minimum absolute atomic E-state index is 0.338. The molecule has 0 spiro atoms. The fourth-order valence-electron chi connectivity index (χ4n) is 1.92. The zero-order chi connectivity index (χ0) is 18.9. The Kier molecular flexibility index (Phi) is 8.04. The number of carbonyl (C=O) groups is 1. The molecule has 0 bridgehead atoms. The maximum Gasteiger partial charge on any atom is 0.410 e. The van der Waals surface area contributed by atoms with Gasteiger partial charge in [-0.2, -0.15) is 0 Å². The summed E-state index contributed by atoms with van der Waals surface area (Å²) < 4.78 is 10.5. The zero-order valence-corrected chi connectivity index (χ0v) is 16.0. The maximum atomic E-state index is 11.9. The molecule has 0 atom stereocenters. The number of benzene rings is 1. The highest BCUT2D eigenvalue weighted by atomic mass is 16.6. The number of guanidine groups is 1. The molecule has 0 saturated heterocycles. The van der Waals surface area contributed by atoms with Crippen molar-refractivity contribution in [3.63, 3.8) is 0 Å². The summed E-state index contributed by atoms with van der Waals surface area (Å²) in [6.45, 7) is 7.27. The standard InChI is InChI=1S/C18H30N4O3/c1-18(2,3)25-17(23)22(5)12-11-20-16(19-4)21-13-14-7-9-15(24-6)10-8-14/h7-10H,11-13H2,1-6H3,(H2,19,20,21). The summed E-state index contributed by atoms with van der Waals surface area (Å²) in [4.78, 5) is 17.6. The SMILES string of the molecule is CN=C(NCCN(C)C(=O)OC(C)(C)C)NCc1ccc(OC)cc1. The molecule has 7 nitrogen and oxygen atoms in total. The van der Waals surface area contributed by atoms with Crippen molar-refractivity contribution in [3.05, 3.63) is 29.8 Å². The van der Waals surface area contributed by atoms with Crippen molar-refractivity contribution in [1.29, 1.82) is 0 Å². The molecule has 7 heteroatoms. The Morgan fingerprint density at radius 1 is 1.20 bits per heavy atom. The number of hydrogen-bond acceptors (Lipinski definition) is 4. The van der Waals surface area contributed by atoms with Crippen LogP contribution in [0.3, 0.4) is 0 Å². The molecule has 25 heavy (non-hydrogen) atoms. The average Bonchev–Trinajstić information content (AvgIpc) is 2.56. The van der Waals surface area contributed by atoms with Crippen molar-refractivity contribution in [2.24, 2.45) is 4.99 Å². The van der Waals surface area contributed by atoms with Crippen molar-refractivity contribution in [3.8, 4) is 5.75 Å². The van der Waals surface area contributed by atoms with Gasteiger partial charge in [0.2, 0.25) is 0 Å². The smallest absolute Gasteiger partial charge is 0.410 e. The first-order valence-electron chi connectivity index (χ1n) is 8.26. The molecule has 0 aliphatic carbocycles. The highest BCUT2D eigenvalue weighted by Gasteiger charge is 2.19. The van der Waals surface area contributed by atoms with Gasteiger partial charge in [0.1, 0.15) is 11.4 Å². The average molecular weight is 350 g/mol. The van der Waals surface area contributed by atoms with Gasteiger partial charge in [-0.25, -0.2) is 4.79 Å². The van der Waals surface area contributed by atoms with E-state index in [2.05, 4.69) is 15.6 Å². The lowest BCUT2D eigenvalue weighted by molar-refractivity contribution is 0.0302. The van der Waals surface area contributed by atoms with Crippen LogP contribution in [0.25, 0.3) is 0 Å². The van der Waals surface area contributed by atoms with Gasteiger partial charge in [0, 0.05) is 33.7 Å². The number of amides is 1. The molecule has 0 aliphatic heterocycles. The first kappa shape index (κ1) is 20.6. The number of hydrogen-bond donors (Lipinski definition) is 2. The van der Waals surface area contributed by atoms with Gasteiger partial charge < -0.3 is 25.0 Å². The number of aliphatic imine (C=N–C) groups is 1. The molecule has 1 rings (SSSR count). The van der Waals surface area contributed by atoms with Gasteiger partial charge in [0.05, 0.1) is 7.11 Å². The van der Waals surface area contributed by atoms with E-state index in [1.807, 2.05) is 45.0 Å². The van der Waals surface area contributed by atoms with Gasteiger partial charge in [-0.15, -0.1) is 0 Å². The lowest BCUT2D eigenvalue weighted by atomic mass is 10.2. The van der Waals surface area contributed by atoms with E-state index in [0.29, 0.717) is 25.6 Å². The molecule has 1 aromatic carbocycles. The Morgan fingerprint density at radius 2 is 1.84 bits per heavy atom. The number of carbonyl (C=O) groups excluding carboxylic acids is 1. The number of rotatable bonds is 6. The van der Waals surface area contributed by atoms with Gasteiger partial charge >= 0.3 is 6.09 Å². The minimum atomic E-state index is -0.491. The molecular weight excluding hydrogens is 320 g/mol. The number of ether oxygens (including phenoxy) is 2. The van der Waals surface area contributed by atoms with E-state index in [9.17, 15) is 4.79 Å². The Hall–Kier alpha value is -2.44. The van der Waals surface area contributed by atoms with E-state index < -0.39 is 5.60 Å². The van der Waals surface area contributed by atoms with Crippen LogP contribution in [0.4, 0.5) is 4.79 Å². The van der Waals surface area contributed by atoms with Crippen molar-refractivity contribution in [2.45, 2.75) is 32.9 Å². The topological polar surface area (TPSA) is 75.2 Å². The third-order valence-electron chi connectivity index (χ3n) is 3.29. The summed E-state index contributed by atoms with van der Waals surface area (Å²) in [5, 5.41) is 6.40. The van der Waals surface area contributed by atoms with E-state index in [1.165, 1.54) is 4.90 Å². The van der Waals surface area contributed by atoms with Crippen LogP contribution in [0, 0.1) is 0 Å². The third-order valence-corrected chi connectivity index (χ3v) is 3.29. The van der Waals surface area contributed by atoms with Gasteiger partial charge in [-0.05, 0) is 38.5 Å². The van der Waals surface area contributed by atoms with E-state index in [0.717, 1.165) is 11.3 Å². The van der Waals surface area contributed by atoms with E-state index in [1.54, 1.807) is 21.2 Å². The number of methoxy groups -OCH3 is 1. The van der Waals surface area contributed by atoms with Crippen molar-refractivity contribution < 1.29 is 14.3 Å². The van der Waals surface area contributed by atoms with Crippen LogP contribution in [0.15, 0.2) is 29.3 Å². The predicted octanol–water partition coefficient (Wildman–Crippen LogP) is 2.23. The second kappa shape index (κ2) is 9.76. The van der Waals surface area contributed by atoms with Crippen molar-refractivity contribution >= 4 is 12.1 Å². The summed E-state index contributed by atoms with van der Waals surface area (Å²) in [5.41, 5.74) is 0.629. The molecule has 1 amide bonds. The van der Waals surface area contributed by atoms with Gasteiger partial charge in [0.25, 0.3) is 0 Å². The highest BCUT2D eigenvalue weighted by molar-refractivity contribution is 5.79. The summed E-state index contributed by atoms with van der Waals surface area (Å²) in [5.74, 6) is 1.50. The number of likely N-dealkylation sites (N-methyl/N-ethyl adjacent to an activating group) is 1. The molecule has 1 aromatic rings. The molecular formula is C18H30N4O3. The maximum absolute atomic E-state index is 11.9. The number of nitrogens with one attached hydrogen (secondary N) is 2. The van der Waals surface area contributed by atoms with Crippen molar-refractivity contribution in [1.82, 2.24) is 15.5 Å². The molecule has 2 N–H and O–H groups in total. The molecule has 0 unspecified atom stereocenters. The first-order valence-corrected chi connectivity index (χ1v) is 8.26. The second-order valence-corrected chi connectivity index (χ2v) is 6.60. The molecule has 0 radical (unpaired) electrons. The van der Waals surface area contributed by atoms with Crippen LogP contribution in [0.5, 0.6) is 5.75 Å². The zero-order valence-electron chi connectivity index (χ0n) is 16.0. The van der Waals surface area contributed by atoms with Crippen LogP contribution >= 0.6 is 0 Å². The Morgan fingerprint density at radius 3 is 2.36 bits per heavy atom. The van der Waals surface area contributed by atoms with Crippen molar-refractivity contribution in [2.75, 3.05) is 34.3 Å². The third kappa shape index (κ3) is 8.28.